The largest absolute Gasteiger partial charge is 0.356 e. The summed E-state index contributed by atoms with van der Waals surface area (Å²) >= 11 is 1.63. The second-order valence-electron chi connectivity index (χ2n) is 6.86. The minimum Gasteiger partial charge on any atom is -0.356 e. The molecule has 0 aromatic rings. The molecule has 138 valence electrons. The van der Waals surface area contributed by atoms with Gasteiger partial charge in [0.05, 0.1) is 18.0 Å². The Hall–Kier alpha value is -1.61. The van der Waals surface area contributed by atoms with Crippen LogP contribution in [0, 0.1) is 5.92 Å². The van der Waals surface area contributed by atoms with Crippen molar-refractivity contribution < 1.29 is 14.4 Å². The molecule has 0 radical (unpaired) electrons. The normalized spacial score (nSPS) is 32.9. The quantitative estimate of drug-likeness (QED) is 0.526. The topological polar surface area (TPSA) is 117 Å². The highest BCUT2D eigenvalue weighted by molar-refractivity contribution is 8.00. The Morgan fingerprint density at radius 3 is 2.92 bits per heavy atom. The van der Waals surface area contributed by atoms with Gasteiger partial charge in [0.25, 0.3) is 0 Å². The average molecular weight is 367 g/mol. The molecule has 5 unspecified atom stereocenters. The van der Waals surface area contributed by atoms with Crippen LogP contribution in [0.1, 0.15) is 25.7 Å². The van der Waals surface area contributed by atoms with Crippen LogP contribution in [0.2, 0.25) is 0 Å². The fraction of sp³-hybridized carbons (Fsp3) is 0.750. The predicted octanol–water partition coefficient (Wildman–Crippen LogP) is -0.911. The van der Waals surface area contributed by atoms with Crippen molar-refractivity contribution in [3.8, 4) is 0 Å². The fourth-order valence-electron chi connectivity index (χ4n) is 3.77. The molecule has 9 heteroatoms. The molecule has 3 aliphatic heterocycles. The summed E-state index contributed by atoms with van der Waals surface area (Å²) < 4.78 is 0. The van der Waals surface area contributed by atoms with E-state index in [0.29, 0.717) is 31.7 Å². The van der Waals surface area contributed by atoms with E-state index in [2.05, 4.69) is 22.3 Å². The zero-order chi connectivity index (χ0) is 18.0. The summed E-state index contributed by atoms with van der Waals surface area (Å²) in [6.45, 7) is 4.53. The van der Waals surface area contributed by atoms with Gasteiger partial charge in [0, 0.05) is 24.3 Å². The molecule has 0 aliphatic carbocycles. The van der Waals surface area contributed by atoms with E-state index in [1.54, 1.807) is 16.7 Å². The third kappa shape index (κ3) is 3.82. The van der Waals surface area contributed by atoms with E-state index >= 15 is 0 Å². The number of rotatable bonds is 6. The fourth-order valence-corrected chi connectivity index (χ4v) is 5.20. The maximum Gasteiger partial charge on any atom is 0.243 e. The molecule has 25 heavy (non-hydrogen) atoms. The Bertz CT molecular complexity index is 572. The van der Waals surface area contributed by atoms with Crippen LogP contribution in [0.5, 0.6) is 0 Å². The number of thioether (sulfide) groups is 1. The summed E-state index contributed by atoms with van der Waals surface area (Å²) in [5.41, 5.74) is 5.87. The molecule has 0 saturated carbocycles. The lowest BCUT2D eigenvalue weighted by Crippen LogP contribution is -2.58. The van der Waals surface area contributed by atoms with Gasteiger partial charge in [-0.3, -0.25) is 19.4 Å². The van der Waals surface area contributed by atoms with Gasteiger partial charge in [0.2, 0.25) is 17.7 Å². The summed E-state index contributed by atoms with van der Waals surface area (Å²) in [5.74, 6) is 0.159. The molecule has 4 N–H and O–H groups in total. The summed E-state index contributed by atoms with van der Waals surface area (Å²) in [7, 11) is 0. The lowest BCUT2D eigenvalue weighted by Gasteiger charge is -2.35. The lowest BCUT2D eigenvalue weighted by molar-refractivity contribution is -0.143. The van der Waals surface area contributed by atoms with Gasteiger partial charge in [-0.15, -0.1) is 11.8 Å². The van der Waals surface area contributed by atoms with Crippen molar-refractivity contribution in [2.75, 3.05) is 18.8 Å². The molecule has 3 aliphatic rings. The number of hydrogen-bond donors (Lipinski definition) is 3. The Kier molecular flexibility index (Phi) is 5.63. The number of piperidine rings is 1. The molecule has 3 saturated heterocycles. The van der Waals surface area contributed by atoms with Crippen LogP contribution in [-0.2, 0) is 14.4 Å². The maximum atomic E-state index is 12.8. The van der Waals surface area contributed by atoms with E-state index in [9.17, 15) is 14.4 Å². The van der Waals surface area contributed by atoms with E-state index in [-0.39, 0.29) is 35.1 Å². The molecule has 8 nitrogen and oxygen atoms in total. The Labute approximate surface area is 151 Å². The number of aliphatic imine (C=N–C) groups is 1. The van der Waals surface area contributed by atoms with Crippen LogP contribution < -0.4 is 16.4 Å². The number of nitrogens with two attached hydrogens (primary N) is 1. The minimum atomic E-state index is -0.516. The van der Waals surface area contributed by atoms with Crippen molar-refractivity contribution in [1.29, 1.82) is 0 Å². The highest BCUT2D eigenvalue weighted by atomic mass is 32.2. The molecule has 0 bridgehead atoms. The first kappa shape index (κ1) is 18.2. The van der Waals surface area contributed by atoms with E-state index < -0.39 is 12.1 Å². The predicted molar refractivity (Wildman–Crippen MR) is 96.2 cm³/mol. The van der Waals surface area contributed by atoms with Gasteiger partial charge in [-0.2, -0.15) is 0 Å². The van der Waals surface area contributed by atoms with Crippen molar-refractivity contribution in [2.24, 2.45) is 16.6 Å². The number of hydrogen-bond acceptors (Lipinski definition) is 6. The van der Waals surface area contributed by atoms with Crippen molar-refractivity contribution in [3.63, 3.8) is 0 Å². The first-order chi connectivity index (χ1) is 12.0. The van der Waals surface area contributed by atoms with Crippen molar-refractivity contribution in [3.05, 3.63) is 0 Å². The standard InChI is InChI=1S/C16H25N5O3S/c1-18-7-10(6-9-4-5-19-14(9)22)20-15(23)12-8-25-13-3-2-11(17)16(24)21(12)13/h9-13H,1-8,17H2,(H,19,22)(H,20,23). The Balaban J connectivity index is 1.63. The Morgan fingerprint density at radius 1 is 1.44 bits per heavy atom. The molecule has 0 aromatic carbocycles. The third-order valence-electron chi connectivity index (χ3n) is 5.12. The van der Waals surface area contributed by atoms with Crippen LogP contribution in [0.4, 0.5) is 0 Å². The van der Waals surface area contributed by atoms with Crippen LogP contribution >= 0.6 is 11.8 Å². The van der Waals surface area contributed by atoms with Crippen LogP contribution in [0.3, 0.4) is 0 Å². The summed E-state index contributed by atoms with van der Waals surface area (Å²) in [4.78, 5) is 42.5. The number of amides is 3. The SMILES string of the molecule is C=NCC(CC1CCNC1=O)NC(=O)C1CSC2CCC(N)C(=O)N21. The van der Waals surface area contributed by atoms with Crippen molar-refractivity contribution in [1.82, 2.24) is 15.5 Å². The number of carbonyl (C=O) groups is 3. The number of fused-ring (bicyclic) bond motifs is 1. The summed E-state index contributed by atoms with van der Waals surface area (Å²) in [6, 6.07) is -1.27. The van der Waals surface area contributed by atoms with Gasteiger partial charge in [0.1, 0.15) is 6.04 Å². The van der Waals surface area contributed by atoms with Gasteiger partial charge in [-0.25, -0.2) is 0 Å². The van der Waals surface area contributed by atoms with Crippen molar-refractivity contribution in [2.45, 2.75) is 49.2 Å². The smallest absolute Gasteiger partial charge is 0.243 e. The van der Waals surface area contributed by atoms with E-state index in [0.717, 1.165) is 12.8 Å². The van der Waals surface area contributed by atoms with E-state index in [4.69, 9.17) is 5.73 Å². The van der Waals surface area contributed by atoms with E-state index in [1.165, 1.54) is 0 Å². The van der Waals surface area contributed by atoms with Gasteiger partial charge in [-0.05, 0) is 32.4 Å². The first-order valence-electron chi connectivity index (χ1n) is 8.71. The molecular formula is C16H25N5O3S. The highest BCUT2D eigenvalue weighted by Crippen LogP contribution is 2.36. The zero-order valence-electron chi connectivity index (χ0n) is 14.1. The molecule has 0 aromatic heterocycles. The zero-order valence-corrected chi connectivity index (χ0v) is 15.0. The van der Waals surface area contributed by atoms with Gasteiger partial charge in [0.15, 0.2) is 0 Å². The monoisotopic (exact) mass is 367 g/mol. The third-order valence-corrected chi connectivity index (χ3v) is 6.47. The second kappa shape index (κ2) is 7.74. The van der Waals surface area contributed by atoms with Crippen molar-refractivity contribution >= 4 is 36.2 Å². The van der Waals surface area contributed by atoms with Gasteiger partial charge < -0.3 is 21.3 Å². The van der Waals surface area contributed by atoms with Crippen LogP contribution in [0.15, 0.2) is 4.99 Å². The van der Waals surface area contributed by atoms with Gasteiger partial charge >= 0.3 is 0 Å². The van der Waals surface area contributed by atoms with E-state index in [1.807, 2.05) is 0 Å². The van der Waals surface area contributed by atoms with Gasteiger partial charge in [-0.1, -0.05) is 0 Å². The maximum absolute atomic E-state index is 12.8. The summed E-state index contributed by atoms with van der Waals surface area (Å²) in [5, 5.41) is 5.82. The lowest BCUT2D eigenvalue weighted by atomic mass is 9.98. The second-order valence-corrected chi connectivity index (χ2v) is 8.07. The molecule has 3 amide bonds. The Morgan fingerprint density at radius 2 is 2.24 bits per heavy atom. The minimum absolute atomic E-state index is 0.0250. The average Bonchev–Trinajstić information content (AvgIpc) is 3.18. The highest BCUT2D eigenvalue weighted by Gasteiger charge is 2.46. The molecular weight excluding hydrogens is 342 g/mol. The molecule has 3 heterocycles. The number of nitrogens with one attached hydrogen (secondary N) is 2. The number of nitrogens with zero attached hydrogens (tertiary/aromatic N) is 2. The van der Waals surface area contributed by atoms with Crippen LogP contribution in [-0.4, -0.2) is 71.7 Å². The molecule has 0 spiro atoms. The number of carbonyl (C=O) groups excluding carboxylic acids is 3. The van der Waals surface area contributed by atoms with Crippen LogP contribution in [0.25, 0.3) is 0 Å². The molecule has 3 fully saturated rings. The first-order valence-corrected chi connectivity index (χ1v) is 9.76. The summed E-state index contributed by atoms with van der Waals surface area (Å²) in [6.07, 6.45) is 2.79. The molecule has 3 rings (SSSR count). The molecule has 5 atom stereocenters.